The molecule has 5 nitrogen and oxygen atoms in total. The third kappa shape index (κ3) is 2.47. The summed E-state index contributed by atoms with van der Waals surface area (Å²) in [5.74, 6) is 1.39. The molecule has 0 aromatic carbocycles. The zero-order valence-corrected chi connectivity index (χ0v) is 9.45. The first-order chi connectivity index (χ1) is 7.25. The standard InChI is InChI=1S/C9H10BrN5/c10-7-1-2-8(13-5-7)12-3-6-4-14-15-9(6)11/h1-2,4-5H,3H2,(H,12,13)(H3,11,14,15). The predicted octanol–water partition coefficient (Wildman–Crippen LogP) is 1.76. The summed E-state index contributed by atoms with van der Waals surface area (Å²) in [6.07, 6.45) is 3.43. The van der Waals surface area contributed by atoms with Crippen molar-refractivity contribution >= 4 is 27.6 Å². The van der Waals surface area contributed by atoms with Gasteiger partial charge in [-0.1, -0.05) is 0 Å². The molecule has 0 atom stereocenters. The minimum Gasteiger partial charge on any atom is -0.384 e. The second-order valence-electron chi connectivity index (χ2n) is 3.02. The van der Waals surface area contributed by atoms with Crippen LogP contribution < -0.4 is 11.1 Å². The van der Waals surface area contributed by atoms with Crippen LogP contribution in [0.2, 0.25) is 0 Å². The van der Waals surface area contributed by atoms with E-state index < -0.39 is 0 Å². The Kier molecular flexibility index (Phi) is 2.86. The molecule has 0 aliphatic rings. The number of hydrogen-bond acceptors (Lipinski definition) is 4. The van der Waals surface area contributed by atoms with Crippen molar-refractivity contribution < 1.29 is 0 Å². The van der Waals surface area contributed by atoms with Gasteiger partial charge in [0.2, 0.25) is 0 Å². The molecule has 78 valence electrons. The normalized spacial score (nSPS) is 10.2. The molecule has 6 heteroatoms. The van der Waals surface area contributed by atoms with Crippen LogP contribution >= 0.6 is 15.9 Å². The van der Waals surface area contributed by atoms with Crippen LogP contribution in [0.25, 0.3) is 0 Å². The highest BCUT2D eigenvalue weighted by atomic mass is 79.9. The molecule has 0 radical (unpaired) electrons. The van der Waals surface area contributed by atoms with E-state index in [1.54, 1.807) is 12.4 Å². The topological polar surface area (TPSA) is 79.6 Å². The lowest BCUT2D eigenvalue weighted by atomic mass is 10.3. The molecule has 0 spiro atoms. The smallest absolute Gasteiger partial charge is 0.126 e. The van der Waals surface area contributed by atoms with E-state index in [9.17, 15) is 0 Å². The van der Waals surface area contributed by atoms with Crippen molar-refractivity contribution in [1.82, 2.24) is 15.2 Å². The number of nitrogen functional groups attached to an aromatic ring is 1. The number of anilines is 2. The van der Waals surface area contributed by atoms with Crippen LogP contribution in [0.15, 0.2) is 29.0 Å². The summed E-state index contributed by atoms with van der Waals surface area (Å²) < 4.78 is 0.955. The van der Waals surface area contributed by atoms with Crippen LogP contribution in [0, 0.1) is 0 Å². The van der Waals surface area contributed by atoms with Gasteiger partial charge < -0.3 is 11.1 Å². The van der Waals surface area contributed by atoms with Crippen LogP contribution in [0.4, 0.5) is 11.6 Å². The third-order valence-electron chi connectivity index (χ3n) is 1.94. The fraction of sp³-hybridized carbons (Fsp3) is 0.111. The predicted molar refractivity (Wildman–Crippen MR) is 62.3 cm³/mol. The van der Waals surface area contributed by atoms with Gasteiger partial charge in [-0.15, -0.1) is 0 Å². The third-order valence-corrected chi connectivity index (χ3v) is 2.41. The van der Waals surface area contributed by atoms with Gasteiger partial charge in [-0.3, -0.25) is 5.10 Å². The van der Waals surface area contributed by atoms with Gasteiger partial charge in [0.05, 0.1) is 6.20 Å². The molecule has 2 rings (SSSR count). The van der Waals surface area contributed by atoms with Crippen LogP contribution in [-0.2, 0) is 6.54 Å². The van der Waals surface area contributed by atoms with Crippen molar-refractivity contribution in [1.29, 1.82) is 0 Å². The van der Waals surface area contributed by atoms with Gasteiger partial charge in [-0.05, 0) is 28.1 Å². The average Bonchev–Trinajstić information content (AvgIpc) is 2.63. The van der Waals surface area contributed by atoms with E-state index in [2.05, 4.69) is 36.4 Å². The van der Waals surface area contributed by atoms with Gasteiger partial charge in [0.15, 0.2) is 0 Å². The Morgan fingerprint density at radius 2 is 2.27 bits per heavy atom. The fourth-order valence-electron chi connectivity index (χ4n) is 1.13. The maximum absolute atomic E-state index is 5.64. The fourth-order valence-corrected chi connectivity index (χ4v) is 1.36. The first-order valence-electron chi connectivity index (χ1n) is 4.39. The van der Waals surface area contributed by atoms with E-state index >= 15 is 0 Å². The van der Waals surface area contributed by atoms with Crippen LogP contribution in [0.1, 0.15) is 5.56 Å². The summed E-state index contributed by atoms with van der Waals surface area (Å²) in [5, 5.41) is 9.65. The molecule has 0 fully saturated rings. The number of nitrogens with zero attached hydrogens (tertiary/aromatic N) is 2. The molecule has 15 heavy (non-hydrogen) atoms. The average molecular weight is 268 g/mol. The van der Waals surface area contributed by atoms with Gasteiger partial charge >= 0.3 is 0 Å². The zero-order valence-electron chi connectivity index (χ0n) is 7.87. The van der Waals surface area contributed by atoms with E-state index in [4.69, 9.17) is 5.73 Å². The molecule has 0 aliphatic heterocycles. The molecule has 0 aliphatic carbocycles. The highest BCUT2D eigenvalue weighted by Crippen LogP contribution is 2.12. The molecule has 0 unspecified atom stereocenters. The molecule has 2 aromatic rings. The van der Waals surface area contributed by atoms with Crippen LogP contribution in [0.5, 0.6) is 0 Å². The number of rotatable bonds is 3. The lowest BCUT2D eigenvalue weighted by molar-refractivity contribution is 1.10. The Morgan fingerprint density at radius 3 is 2.87 bits per heavy atom. The summed E-state index contributed by atoms with van der Waals surface area (Å²) in [5.41, 5.74) is 6.57. The van der Waals surface area contributed by atoms with Crippen LogP contribution in [0.3, 0.4) is 0 Å². The van der Waals surface area contributed by atoms with Gasteiger partial charge in [0, 0.05) is 22.8 Å². The highest BCUT2D eigenvalue weighted by molar-refractivity contribution is 9.10. The molecule has 0 saturated heterocycles. The zero-order chi connectivity index (χ0) is 10.7. The molecular weight excluding hydrogens is 258 g/mol. The Balaban J connectivity index is 1.99. The second-order valence-corrected chi connectivity index (χ2v) is 3.94. The molecule has 4 N–H and O–H groups in total. The number of aromatic nitrogens is 3. The van der Waals surface area contributed by atoms with Crippen molar-refractivity contribution in [2.24, 2.45) is 0 Å². The van der Waals surface area contributed by atoms with Gasteiger partial charge in [-0.2, -0.15) is 5.10 Å². The largest absolute Gasteiger partial charge is 0.384 e. The Morgan fingerprint density at radius 1 is 1.40 bits per heavy atom. The maximum atomic E-state index is 5.64. The van der Waals surface area contributed by atoms with Gasteiger partial charge in [-0.25, -0.2) is 4.98 Å². The summed E-state index contributed by atoms with van der Waals surface area (Å²) in [6.45, 7) is 0.608. The molecule has 0 amide bonds. The summed E-state index contributed by atoms with van der Waals surface area (Å²) in [4.78, 5) is 4.18. The highest BCUT2D eigenvalue weighted by Gasteiger charge is 2.00. The Labute approximate surface area is 95.2 Å². The van der Waals surface area contributed by atoms with Crippen molar-refractivity contribution in [3.05, 3.63) is 34.6 Å². The lowest BCUT2D eigenvalue weighted by Gasteiger charge is -2.03. The molecule has 0 bridgehead atoms. The number of hydrogen-bond donors (Lipinski definition) is 3. The summed E-state index contributed by atoms with van der Waals surface area (Å²) in [6, 6.07) is 3.81. The van der Waals surface area contributed by atoms with Crippen molar-refractivity contribution in [3.63, 3.8) is 0 Å². The van der Waals surface area contributed by atoms with E-state index in [1.165, 1.54) is 0 Å². The van der Waals surface area contributed by atoms with Crippen molar-refractivity contribution in [2.45, 2.75) is 6.54 Å². The van der Waals surface area contributed by atoms with E-state index in [0.717, 1.165) is 15.9 Å². The summed E-state index contributed by atoms with van der Waals surface area (Å²) in [7, 11) is 0. The Hall–Kier alpha value is -1.56. The Bertz CT molecular complexity index is 436. The van der Waals surface area contributed by atoms with Crippen molar-refractivity contribution in [3.8, 4) is 0 Å². The van der Waals surface area contributed by atoms with Gasteiger partial charge in [0.25, 0.3) is 0 Å². The van der Waals surface area contributed by atoms with E-state index in [1.807, 2.05) is 12.1 Å². The van der Waals surface area contributed by atoms with E-state index in [-0.39, 0.29) is 0 Å². The first kappa shape index (κ1) is 9.97. The number of pyridine rings is 1. The number of nitrogens with two attached hydrogens (primary N) is 1. The second kappa shape index (κ2) is 4.31. The first-order valence-corrected chi connectivity index (χ1v) is 5.18. The number of aromatic amines is 1. The molecule has 2 heterocycles. The molecular formula is C9H10BrN5. The number of H-pyrrole nitrogens is 1. The van der Waals surface area contributed by atoms with E-state index in [0.29, 0.717) is 12.4 Å². The quantitative estimate of drug-likeness (QED) is 0.792. The molecule has 0 saturated carbocycles. The van der Waals surface area contributed by atoms with Gasteiger partial charge in [0.1, 0.15) is 11.6 Å². The maximum Gasteiger partial charge on any atom is 0.126 e. The number of nitrogens with one attached hydrogen (secondary N) is 2. The minimum atomic E-state index is 0.583. The van der Waals surface area contributed by atoms with Crippen molar-refractivity contribution in [2.75, 3.05) is 11.1 Å². The van der Waals surface area contributed by atoms with Crippen LogP contribution in [-0.4, -0.2) is 15.2 Å². The lowest BCUT2D eigenvalue weighted by Crippen LogP contribution is -2.02. The summed E-state index contributed by atoms with van der Waals surface area (Å²) >= 11 is 3.32. The number of halogens is 1. The SMILES string of the molecule is Nc1[nH]ncc1CNc1ccc(Br)cn1. The molecule has 2 aromatic heterocycles. The minimum absolute atomic E-state index is 0.583. The monoisotopic (exact) mass is 267 g/mol.